The fraction of sp³-hybridized carbons (Fsp3) is 0.263. The van der Waals surface area contributed by atoms with Gasteiger partial charge in [-0.1, -0.05) is 6.07 Å². The van der Waals surface area contributed by atoms with Crippen LogP contribution in [-0.4, -0.2) is 30.8 Å². The summed E-state index contributed by atoms with van der Waals surface area (Å²) in [6, 6.07) is 10.4. The summed E-state index contributed by atoms with van der Waals surface area (Å²) in [6.07, 6.45) is -4.11. The van der Waals surface area contributed by atoms with Crippen molar-refractivity contribution in [1.29, 1.82) is 0 Å². The van der Waals surface area contributed by atoms with E-state index in [-0.39, 0.29) is 18.1 Å². The van der Waals surface area contributed by atoms with E-state index in [1.807, 2.05) is 25.1 Å². The predicted octanol–water partition coefficient (Wildman–Crippen LogP) is 4.82. The first-order valence-corrected chi connectivity index (χ1v) is 8.95. The maximum absolute atomic E-state index is 13.8. The summed E-state index contributed by atoms with van der Waals surface area (Å²) in [4.78, 5) is 15.9. The number of halogens is 2. The monoisotopic (exact) mass is 393 g/mol. The summed E-state index contributed by atoms with van der Waals surface area (Å²) in [5.74, 6) is -1.96. The molecule has 27 heavy (non-hydrogen) atoms. The van der Waals surface area contributed by atoms with Crippen molar-refractivity contribution in [2.24, 2.45) is 0 Å². The topological polar surface area (TPSA) is 57.7 Å². The molecule has 0 radical (unpaired) electrons. The quantitative estimate of drug-likeness (QED) is 0.562. The number of methoxy groups -OCH3 is 1. The molecule has 5 nitrogen and oxygen atoms in total. The lowest BCUT2D eigenvalue weighted by molar-refractivity contribution is -0.216. The fourth-order valence-electron chi connectivity index (χ4n) is 2.44. The van der Waals surface area contributed by atoms with Crippen LogP contribution in [0.4, 0.5) is 8.78 Å². The average molecular weight is 393 g/mol. The van der Waals surface area contributed by atoms with E-state index in [9.17, 15) is 13.6 Å². The zero-order valence-corrected chi connectivity index (χ0v) is 15.7. The Morgan fingerprint density at radius 2 is 1.96 bits per heavy atom. The molecular formula is C19H17F2NO4S. The maximum Gasteiger partial charge on any atom is 0.502 e. The molecule has 1 aromatic heterocycles. The van der Waals surface area contributed by atoms with Gasteiger partial charge >= 0.3 is 12.1 Å². The number of esters is 1. The molecule has 1 heterocycles. The highest BCUT2D eigenvalue weighted by Gasteiger charge is 2.44. The van der Waals surface area contributed by atoms with Crippen molar-refractivity contribution < 1.29 is 27.8 Å². The SMILES string of the molecule is CCOC(=O)C(F)(F)Oc1ccc(-c2nc3ccc(C)cc3s2)cc1OC. The van der Waals surface area contributed by atoms with Gasteiger partial charge in [0.15, 0.2) is 11.5 Å². The van der Waals surface area contributed by atoms with Gasteiger partial charge in [-0.2, -0.15) is 8.78 Å². The Labute approximate surface area is 158 Å². The molecule has 0 spiro atoms. The highest BCUT2D eigenvalue weighted by molar-refractivity contribution is 7.21. The van der Waals surface area contributed by atoms with Crippen LogP contribution >= 0.6 is 11.3 Å². The Bertz CT molecular complexity index is 987. The van der Waals surface area contributed by atoms with Gasteiger partial charge in [0.05, 0.1) is 23.9 Å². The second kappa shape index (κ2) is 7.48. The number of thiazole rings is 1. The van der Waals surface area contributed by atoms with Crippen LogP contribution in [0.5, 0.6) is 11.5 Å². The van der Waals surface area contributed by atoms with Crippen LogP contribution in [0, 0.1) is 6.92 Å². The van der Waals surface area contributed by atoms with Crippen molar-refractivity contribution in [2.45, 2.75) is 20.0 Å². The van der Waals surface area contributed by atoms with Crippen molar-refractivity contribution in [3.8, 4) is 22.1 Å². The zero-order valence-electron chi connectivity index (χ0n) is 14.9. The lowest BCUT2D eigenvalue weighted by Gasteiger charge is -2.18. The van der Waals surface area contributed by atoms with E-state index in [0.717, 1.165) is 20.8 Å². The number of fused-ring (bicyclic) bond motifs is 1. The number of aryl methyl sites for hydroxylation is 1. The zero-order chi connectivity index (χ0) is 19.6. The van der Waals surface area contributed by atoms with Crippen LogP contribution in [0.15, 0.2) is 36.4 Å². The number of rotatable bonds is 6. The summed E-state index contributed by atoms with van der Waals surface area (Å²) < 4.78 is 42.7. The number of nitrogens with zero attached hydrogens (tertiary/aromatic N) is 1. The number of aromatic nitrogens is 1. The highest BCUT2D eigenvalue weighted by Crippen LogP contribution is 2.38. The third kappa shape index (κ3) is 4.00. The Hall–Kier alpha value is -2.74. The van der Waals surface area contributed by atoms with Gasteiger partial charge in [-0.15, -0.1) is 11.3 Å². The second-order valence-electron chi connectivity index (χ2n) is 5.70. The van der Waals surface area contributed by atoms with Crippen LogP contribution < -0.4 is 9.47 Å². The fourth-order valence-corrected chi connectivity index (χ4v) is 3.50. The summed E-state index contributed by atoms with van der Waals surface area (Å²) >= 11 is 1.48. The van der Waals surface area contributed by atoms with E-state index in [2.05, 4.69) is 14.5 Å². The molecule has 0 atom stereocenters. The molecule has 0 saturated heterocycles. The summed E-state index contributed by atoms with van der Waals surface area (Å²) in [7, 11) is 1.33. The molecule has 142 valence electrons. The summed E-state index contributed by atoms with van der Waals surface area (Å²) in [6.45, 7) is 3.26. The Morgan fingerprint density at radius 1 is 1.19 bits per heavy atom. The lowest BCUT2D eigenvalue weighted by atomic mass is 10.2. The van der Waals surface area contributed by atoms with Crippen LogP contribution in [0.1, 0.15) is 12.5 Å². The molecule has 2 aromatic carbocycles. The highest BCUT2D eigenvalue weighted by atomic mass is 32.1. The van der Waals surface area contributed by atoms with Gasteiger partial charge in [0.25, 0.3) is 0 Å². The van der Waals surface area contributed by atoms with E-state index in [0.29, 0.717) is 5.56 Å². The Balaban J connectivity index is 1.92. The number of hydrogen-bond acceptors (Lipinski definition) is 6. The molecule has 0 aliphatic rings. The van der Waals surface area contributed by atoms with Gasteiger partial charge in [-0.05, 0) is 49.7 Å². The van der Waals surface area contributed by atoms with Crippen molar-refractivity contribution in [1.82, 2.24) is 4.98 Å². The van der Waals surface area contributed by atoms with Crippen LogP contribution in [-0.2, 0) is 9.53 Å². The molecule has 0 saturated carbocycles. The largest absolute Gasteiger partial charge is 0.502 e. The first-order chi connectivity index (χ1) is 12.8. The third-order valence-electron chi connectivity index (χ3n) is 3.71. The smallest absolute Gasteiger partial charge is 0.493 e. The molecule has 3 aromatic rings. The average Bonchev–Trinajstić information content (AvgIpc) is 3.05. The van der Waals surface area contributed by atoms with Crippen molar-refractivity contribution in [2.75, 3.05) is 13.7 Å². The minimum Gasteiger partial charge on any atom is -0.493 e. The predicted molar refractivity (Wildman–Crippen MR) is 98.6 cm³/mol. The van der Waals surface area contributed by atoms with Crippen molar-refractivity contribution in [3.63, 3.8) is 0 Å². The normalized spacial score (nSPS) is 11.4. The number of carbonyl (C=O) groups excluding carboxylic acids is 1. The van der Waals surface area contributed by atoms with E-state index < -0.39 is 12.1 Å². The third-order valence-corrected chi connectivity index (χ3v) is 4.77. The van der Waals surface area contributed by atoms with Crippen LogP contribution in [0.2, 0.25) is 0 Å². The van der Waals surface area contributed by atoms with Gasteiger partial charge in [-0.3, -0.25) is 0 Å². The number of carbonyl (C=O) groups is 1. The molecule has 8 heteroatoms. The minimum absolute atomic E-state index is 0.0620. The molecule has 0 aliphatic carbocycles. The second-order valence-corrected chi connectivity index (χ2v) is 6.73. The lowest BCUT2D eigenvalue weighted by Crippen LogP contribution is -2.37. The summed E-state index contributed by atoms with van der Waals surface area (Å²) in [5, 5.41) is 0.720. The van der Waals surface area contributed by atoms with E-state index >= 15 is 0 Å². The molecule has 0 fully saturated rings. The standard InChI is InChI=1S/C19H17F2NO4S/c1-4-25-18(23)19(20,21)26-14-8-6-12(10-15(14)24-3)17-22-13-7-5-11(2)9-16(13)27-17/h5-10H,4H2,1-3H3. The first-order valence-electron chi connectivity index (χ1n) is 8.13. The van der Waals surface area contributed by atoms with Crippen molar-refractivity contribution in [3.05, 3.63) is 42.0 Å². The van der Waals surface area contributed by atoms with Gasteiger partial charge in [-0.25, -0.2) is 9.78 Å². The van der Waals surface area contributed by atoms with Gasteiger partial charge in [0.2, 0.25) is 0 Å². The van der Waals surface area contributed by atoms with E-state index in [4.69, 9.17) is 4.74 Å². The number of hydrogen-bond donors (Lipinski definition) is 0. The number of benzene rings is 2. The van der Waals surface area contributed by atoms with Crippen molar-refractivity contribution >= 4 is 27.5 Å². The minimum atomic E-state index is -4.11. The summed E-state index contributed by atoms with van der Waals surface area (Å²) in [5.41, 5.74) is 2.67. The van der Waals surface area contributed by atoms with Crippen LogP contribution in [0.25, 0.3) is 20.8 Å². The molecule has 0 unspecified atom stereocenters. The van der Waals surface area contributed by atoms with E-state index in [1.165, 1.54) is 31.4 Å². The molecule has 0 aliphatic heterocycles. The van der Waals surface area contributed by atoms with E-state index in [1.54, 1.807) is 12.1 Å². The Kier molecular flexibility index (Phi) is 5.27. The van der Waals surface area contributed by atoms with Gasteiger partial charge < -0.3 is 14.2 Å². The first kappa shape index (κ1) is 19.0. The van der Waals surface area contributed by atoms with Crippen LogP contribution in [0.3, 0.4) is 0 Å². The molecule has 3 rings (SSSR count). The van der Waals surface area contributed by atoms with Gasteiger partial charge in [0.1, 0.15) is 5.01 Å². The maximum atomic E-state index is 13.8. The molecule has 0 N–H and O–H groups in total. The van der Waals surface area contributed by atoms with Gasteiger partial charge in [0, 0.05) is 5.56 Å². The number of alkyl halides is 2. The number of ether oxygens (including phenoxy) is 3. The molecular weight excluding hydrogens is 376 g/mol. The molecule has 0 amide bonds. The molecule has 0 bridgehead atoms. The Morgan fingerprint density at radius 3 is 2.67 bits per heavy atom.